The summed E-state index contributed by atoms with van der Waals surface area (Å²) in [7, 11) is 1.64. The standard InChI is InChI=1S/C27H37N5O4/c1-35-21-8-6-19(7-9-21)14-22-26(23(33)18-28-22)36-27(34)29-17-20-15-24(31-10-2-3-11-31)30-25(16-20)32-12-4-5-13-32/h6-9,15-16,22-23,26,28,33H,2-5,10-14,17-18H2,1H3,(H,29,34)/t22-,23+,26+/m1/s1. The summed E-state index contributed by atoms with van der Waals surface area (Å²) >= 11 is 0. The van der Waals surface area contributed by atoms with E-state index < -0.39 is 18.3 Å². The maximum absolute atomic E-state index is 12.8. The number of hydrogen-bond donors (Lipinski definition) is 3. The number of hydrogen-bond acceptors (Lipinski definition) is 8. The molecule has 3 fully saturated rings. The summed E-state index contributed by atoms with van der Waals surface area (Å²) in [6.45, 7) is 4.83. The van der Waals surface area contributed by atoms with Gasteiger partial charge in [0, 0.05) is 39.3 Å². The quantitative estimate of drug-likeness (QED) is 0.514. The number of aliphatic hydroxyl groups excluding tert-OH is 1. The Balaban J connectivity index is 1.21. The van der Waals surface area contributed by atoms with Crippen molar-refractivity contribution in [2.24, 2.45) is 0 Å². The Morgan fingerprint density at radius 3 is 2.22 bits per heavy atom. The Labute approximate surface area is 212 Å². The number of pyridine rings is 1. The number of anilines is 2. The molecule has 1 aromatic carbocycles. The minimum absolute atomic E-state index is 0.163. The average molecular weight is 496 g/mol. The molecule has 36 heavy (non-hydrogen) atoms. The van der Waals surface area contributed by atoms with Gasteiger partial charge < -0.3 is 35.0 Å². The van der Waals surface area contributed by atoms with Gasteiger partial charge in [0.25, 0.3) is 0 Å². The van der Waals surface area contributed by atoms with Crippen molar-refractivity contribution in [1.29, 1.82) is 0 Å². The van der Waals surface area contributed by atoms with Gasteiger partial charge in [0.2, 0.25) is 0 Å². The van der Waals surface area contributed by atoms with E-state index in [0.29, 0.717) is 19.5 Å². The molecule has 2 aromatic rings. The number of methoxy groups -OCH3 is 1. The predicted octanol–water partition coefficient (Wildman–Crippen LogP) is 2.46. The van der Waals surface area contributed by atoms with Gasteiger partial charge in [-0.3, -0.25) is 0 Å². The lowest BCUT2D eigenvalue weighted by atomic mass is 10.0. The molecule has 1 aromatic heterocycles. The Hall–Kier alpha value is -3.04. The third kappa shape index (κ3) is 5.84. The van der Waals surface area contributed by atoms with Crippen LogP contribution in [0.15, 0.2) is 36.4 Å². The number of carbonyl (C=O) groups excluding carboxylic acids is 1. The van der Waals surface area contributed by atoms with Crippen molar-refractivity contribution in [3.63, 3.8) is 0 Å². The predicted molar refractivity (Wildman–Crippen MR) is 139 cm³/mol. The molecule has 4 heterocycles. The molecular formula is C27H37N5O4. The number of carbonyl (C=O) groups is 1. The van der Waals surface area contributed by atoms with Gasteiger partial charge in [-0.15, -0.1) is 0 Å². The minimum atomic E-state index is -0.747. The van der Waals surface area contributed by atoms with Gasteiger partial charge in [0.15, 0.2) is 0 Å². The number of benzene rings is 1. The van der Waals surface area contributed by atoms with Crippen molar-refractivity contribution < 1.29 is 19.4 Å². The van der Waals surface area contributed by atoms with Crippen LogP contribution >= 0.6 is 0 Å². The van der Waals surface area contributed by atoms with E-state index in [1.54, 1.807) is 7.11 Å². The van der Waals surface area contributed by atoms with Gasteiger partial charge >= 0.3 is 6.09 Å². The second-order valence-corrected chi connectivity index (χ2v) is 9.94. The van der Waals surface area contributed by atoms with Crippen LogP contribution in [-0.4, -0.2) is 74.3 Å². The molecule has 0 bridgehead atoms. The zero-order valence-corrected chi connectivity index (χ0v) is 21.0. The maximum Gasteiger partial charge on any atom is 0.407 e. The average Bonchev–Trinajstić information content (AvgIpc) is 3.68. The van der Waals surface area contributed by atoms with E-state index >= 15 is 0 Å². The number of rotatable bonds is 8. The Kier molecular flexibility index (Phi) is 7.77. The van der Waals surface area contributed by atoms with Crippen LogP contribution in [0.3, 0.4) is 0 Å². The summed E-state index contributed by atoms with van der Waals surface area (Å²) in [6.07, 6.45) is 3.49. The van der Waals surface area contributed by atoms with E-state index in [2.05, 4.69) is 32.6 Å². The van der Waals surface area contributed by atoms with Gasteiger partial charge in [0.05, 0.1) is 13.2 Å². The molecule has 5 rings (SSSR count). The molecular weight excluding hydrogens is 458 g/mol. The van der Waals surface area contributed by atoms with E-state index in [-0.39, 0.29) is 6.04 Å². The number of ether oxygens (including phenoxy) is 2. The summed E-state index contributed by atoms with van der Waals surface area (Å²) in [5.74, 6) is 2.76. The number of aromatic nitrogens is 1. The minimum Gasteiger partial charge on any atom is -0.497 e. The lowest BCUT2D eigenvalue weighted by Crippen LogP contribution is -2.41. The van der Waals surface area contributed by atoms with Gasteiger partial charge in [-0.1, -0.05) is 12.1 Å². The van der Waals surface area contributed by atoms with Crippen LogP contribution < -0.4 is 25.2 Å². The molecule has 3 aliphatic heterocycles. The molecule has 0 spiro atoms. The smallest absolute Gasteiger partial charge is 0.407 e. The fourth-order valence-electron chi connectivity index (χ4n) is 5.35. The number of nitrogens with one attached hydrogen (secondary N) is 2. The van der Waals surface area contributed by atoms with Crippen molar-refractivity contribution >= 4 is 17.7 Å². The zero-order chi connectivity index (χ0) is 24.9. The van der Waals surface area contributed by atoms with Crippen molar-refractivity contribution in [2.75, 3.05) is 49.6 Å². The Morgan fingerprint density at radius 1 is 1.03 bits per heavy atom. The number of amides is 1. The Morgan fingerprint density at radius 2 is 1.64 bits per heavy atom. The van der Waals surface area contributed by atoms with Crippen molar-refractivity contribution in [3.8, 4) is 5.75 Å². The number of aliphatic hydroxyl groups is 1. The highest BCUT2D eigenvalue weighted by Gasteiger charge is 2.37. The molecule has 1 amide bonds. The first-order chi connectivity index (χ1) is 17.6. The maximum atomic E-state index is 12.8. The van der Waals surface area contributed by atoms with E-state index in [1.807, 2.05) is 24.3 Å². The molecule has 0 radical (unpaired) electrons. The first-order valence-electron chi connectivity index (χ1n) is 13.1. The molecule has 0 unspecified atom stereocenters. The van der Waals surface area contributed by atoms with Crippen molar-refractivity contribution in [2.45, 2.75) is 56.9 Å². The lowest BCUT2D eigenvalue weighted by Gasteiger charge is -2.24. The molecule has 9 nitrogen and oxygen atoms in total. The number of nitrogens with zero attached hydrogens (tertiary/aromatic N) is 3. The van der Waals surface area contributed by atoms with E-state index in [1.165, 1.54) is 25.7 Å². The molecule has 3 saturated heterocycles. The van der Waals surface area contributed by atoms with Crippen LogP contribution in [0.5, 0.6) is 5.75 Å². The Bertz CT molecular complexity index is 987. The highest BCUT2D eigenvalue weighted by atomic mass is 16.6. The summed E-state index contributed by atoms with van der Waals surface area (Å²) < 4.78 is 10.9. The molecule has 194 valence electrons. The van der Waals surface area contributed by atoms with Crippen LogP contribution in [0.1, 0.15) is 36.8 Å². The van der Waals surface area contributed by atoms with E-state index in [0.717, 1.165) is 54.7 Å². The molecule has 3 aliphatic rings. The highest BCUT2D eigenvalue weighted by molar-refractivity contribution is 5.68. The van der Waals surface area contributed by atoms with Gasteiger partial charge in [-0.05, 0) is 67.5 Å². The molecule has 3 N–H and O–H groups in total. The van der Waals surface area contributed by atoms with E-state index in [9.17, 15) is 9.90 Å². The fraction of sp³-hybridized carbons (Fsp3) is 0.556. The zero-order valence-electron chi connectivity index (χ0n) is 21.0. The van der Waals surface area contributed by atoms with Crippen LogP contribution in [-0.2, 0) is 17.7 Å². The molecule has 9 heteroatoms. The van der Waals surface area contributed by atoms with Gasteiger partial charge in [-0.25, -0.2) is 9.78 Å². The summed E-state index contributed by atoms with van der Waals surface area (Å²) in [4.78, 5) is 22.3. The second kappa shape index (κ2) is 11.3. The summed E-state index contributed by atoms with van der Waals surface area (Å²) in [5, 5.41) is 16.6. The molecule has 0 aliphatic carbocycles. The third-order valence-corrected chi connectivity index (χ3v) is 7.38. The van der Waals surface area contributed by atoms with Gasteiger partial charge in [0.1, 0.15) is 29.6 Å². The highest BCUT2D eigenvalue weighted by Crippen LogP contribution is 2.26. The van der Waals surface area contributed by atoms with Gasteiger partial charge in [-0.2, -0.15) is 0 Å². The van der Waals surface area contributed by atoms with E-state index in [4.69, 9.17) is 14.5 Å². The SMILES string of the molecule is COc1ccc(C[C@H]2NC[C@H](O)[C@H]2OC(=O)NCc2cc(N3CCCC3)nc(N3CCCC3)c2)cc1. The van der Waals surface area contributed by atoms with Crippen LogP contribution in [0.2, 0.25) is 0 Å². The van der Waals surface area contributed by atoms with Crippen LogP contribution in [0, 0.1) is 0 Å². The number of alkyl carbamates (subject to hydrolysis) is 1. The third-order valence-electron chi connectivity index (χ3n) is 7.38. The topological polar surface area (TPSA) is 99.2 Å². The molecule has 3 atom stereocenters. The van der Waals surface area contributed by atoms with Crippen LogP contribution in [0.25, 0.3) is 0 Å². The molecule has 0 saturated carbocycles. The lowest BCUT2D eigenvalue weighted by molar-refractivity contribution is 0.0188. The van der Waals surface area contributed by atoms with Crippen LogP contribution in [0.4, 0.5) is 16.4 Å². The fourth-order valence-corrected chi connectivity index (χ4v) is 5.35. The summed E-state index contributed by atoms with van der Waals surface area (Å²) in [5.41, 5.74) is 2.09. The normalized spacial score (nSPS) is 23.8. The first-order valence-corrected chi connectivity index (χ1v) is 13.1. The van der Waals surface area contributed by atoms with Crippen molar-refractivity contribution in [1.82, 2.24) is 15.6 Å². The first kappa shape index (κ1) is 24.6. The van der Waals surface area contributed by atoms with Crippen molar-refractivity contribution in [3.05, 3.63) is 47.5 Å². The number of β-amino-alcohol motifs (C(OH)–C–C–N with tert-alkyl or cyclic N) is 1. The summed E-state index contributed by atoms with van der Waals surface area (Å²) in [6, 6.07) is 11.8. The monoisotopic (exact) mass is 495 g/mol. The second-order valence-electron chi connectivity index (χ2n) is 9.94. The largest absolute Gasteiger partial charge is 0.497 e.